The minimum absolute atomic E-state index is 0. The first-order valence-electron chi connectivity index (χ1n) is 4.35. The van der Waals surface area contributed by atoms with Crippen molar-refractivity contribution in [2.75, 3.05) is 0 Å². The van der Waals surface area contributed by atoms with Gasteiger partial charge in [0.2, 0.25) is 0 Å². The van der Waals surface area contributed by atoms with E-state index in [1.165, 1.54) is 12.8 Å². The smallest absolute Gasteiger partial charge is 0.0292 e. The van der Waals surface area contributed by atoms with Crippen molar-refractivity contribution in [3.05, 3.63) is 0 Å². The fraction of sp³-hybridized carbons (Fsp3) is 1.00. The van der Waals surface area contributed by atoms with Crippen LogP contribution in [0, 0.1) is 11.3 Å². The van der Waals surface area contributed by atoms with Gasteiger partial charge in [0.25, 0.3) is 0 Å². The van der Waals surface area contributed by atoms with E-state index >= 15 is 0 Å². The van der Waals surface area contributed by atoms with E-state index in [0.717, 1.165) is 11.3 Å². The molecule has 0 unspecified atom stereocenters. The molecule has 0 heteroatoms. The summed E-state index contributed by atoms with van der Waals surface area (Å²) in [6.45, 7) is 2.33. The van der Waals surface area contributed by atoms with Crippen molar-refractivity contribution in [1.82, 2.24) is 0 Å². The summed E-state index contributed by atoms with van der Waals surface area (Å²) in [6, 6.07) is 0. The fourth-order valence-corrected chi connectivity index (χ4v) is 2.54. The Balaban J connectivity index is 0.000000500. The second-order valence-electron chi connectivity index (χ2n) is 4.04. The molecule has 60 valence electrons. The summed E-state index contributed by atoms with van der Waals surface area (Å²) < 4.78 is 0. The van der Waals surface area contributed by atoms with E-state index < -0.39 is 0 Å². The SMILES string of the molecule is C.CCC1CC2(CCC2)C1. The predicted octanol–water partition coefficient (Wildman–Crippen LogP) is 3.61. The number of rotatable bonds is 1. The molecule has 1 spiro atoms. The molecule has 10 heavy (non-hydrogen) atoms. The lowest BCUT2D eigenvalue weighted by Gasteiger charge is -2.54. The van der Waals surface area contributed by atoms with E-state index in [4.69, 9.17) is 0 Å². The maximum atomic E-state index is 2.33. The standard InChI is InChI=1S/C9H16.CH4/c1-2-8-6-9(7-8)4-3-5-9;/h8H,2-7H2,1H3;1H4. The highest BCUT2D eigenvalue weighted by atomic mass is 14.5. The van der Waals surface area contributed by atoms with Crippen LogP contribution in [0.5, 0.6) is 0 Å². The van der Waals surface area contributed by atoms with Crippen molar-refractivity contribution in [2.24, 2.45) is 11.3 Å². The van der Waals surface area contributed by atoms with Crippen LogP contribution in [0.25, 0.3) is 0 Å². The summed E-state index contributed by atoms with van der Waals surface area (Å²) in [5, 5.41) is 0. The maximum Gasteiger partial charge on any atom is -0.0292 e. The molecule has 0 N–H and O–H groups in total. The van der Waals surface area contributed by atoms with Crippen molar-refractivity contribution in [3.63, 3.8) is 0 Å². The number of hydrogen-bond donors (Lipinski definition) is 0. The van der Waals surface area contributed by atoms with Crippen molar-refractivity contribution in [1.29, 1.82) is 0 Å². The Bertz CT molecular complexity index is 103. The van der Waals surface area contributed by atoms with Crippen LogP contribution < -0.4 is 0 Å². The van der Waals surface area contributed by atoms with Crippen LogP contribution in [-0.2, 0) is 0 Å². The molecule has 0 atom stereocenters. The zero-order chi connectivity index (χ0) is 6.32. The molecular formula is C10H20. The third-order valence-electron chi connectivity index (χ3n) is 3.43. The predicted molar refractivity (Wildman–Crippen MR) is 46.0 cm³/mol. The average molecular weight is 140 g/mol. The van der Waals surface area contributed by atoms with Crippen LogP contribution in [0.1, 0.15) is 52.9 Å². The summed E-state index contributed by atoms with van der Waals surface area (Å²) in [7, 11) is 0. The van der Waals surface area contributed by atoms with E-state index in [1.807, 2.05) is 0 Å². The monoisotopic (exact) mass is 140 g/mol. The van der Waals surface area contributed by atoms with Gasteiger partial charge in [-0.3, -0.25) is 0 Å². The molecule has 0 nitrogen and oxygen atoms in total. The third-order valence-corrected chi connectivity index (χ3v) is 3.43. The van der Waals surface area contributed by atoms with Gasteiger partial charge < -0.3 is 0 Å². The Kier molecular flexibility index (Phi) is 2.07. The van der Waals surface area contributed by atoms with Crippen molar-refractivity contribution >= 4 is 0 Å². The second-order valence-corrected chi connectivity index (χ2v) is 4.04. The maximum absolute atomic E-state index is 2.33. The van der Waals surface area contributed by atoms with Gasteiger partial charge in [-0.2, -0.15) is 0 Å². The normalized spacial score (nSPS) is 28.5. The molecule has 0 bridgehead atoms. The second kappa shape index (κ2) is 2.56. The molecule has 0 saturated heterocycles. The molecule has 0 heterocycles. The largest absolute Gasteiger partial charge is 0.0776 e. The molecular weight excluding hydrogens is 120 g/mol. The molecule has 2 saturated carbocycles. The Morgan fingerprint density at radius 3 is 2.20 bits per heavy atom. The zero-order valence-corrected chi connectivity index (χ0v) is 6.32. The van der Waals surface area contributed by atoms with Crippen LogP contribution in [0.15, 0.2) is 0 Å². The Labute approximate surface area is 65.0 Å². The van der Waals surface area contributed by atoms with E-state index in [-0.39, 0.29) is 7.43 Å². The first kappa shape index (κ1) is 8.10. The van der Waals surface area contributed by atoms with E-state index in [1.54, 1.807) is 25.7 Å². The van der Waals surface area contributed by atoms with Crippen LogP contribution >= 0.6 is 0 Å². The van der Waals surface area contributed by atoms with Crippen molar-refractivity contribution < 1.29 is 0 Å². The topological polar surface area (TPSA) is 0 Å². The summed E-state index contributed by atoms with van der Waals surface area (Å²) >= 11 is 0. The van der Waals surface area contributed by atoms with Crippen LogP contribution in [0.2, 0.25) is 0 Å². The molecule has 0 radical (unpaired) electrons. The van der Waals surface area contributed by atoms with Gasteiger partial charge in [-0.25, -0.2) is 0 Å². The first-order valence-corrected chi connectivity index (χ1v) is 4.35. The molecule has 0 aliphatic heterocycles. The van der Waals surface area contributed by atoms with Gasteiger partial charge in [-0.05, 0) is 37.0 Å². The highest BCUT2D eigenvalue weighted by molar-refractivity contribution is 4.98. The molecule has 2 aliphatic rings. The minimum atomic E-state index is 0. The third kappa shape index (κ3) is 0.980. The van der Waals surface area contributed by atoms with Gasteiger partial charge in [0.15, 0.2) is 0 Å². The Morgan fingerprint density at radius 2 is 1.90 bits per heavy atom. The van der Waals surface area contributed by atoms with Crippen LogP contribution in [0.3, 0.4) is 0 Å². The molecule has 0 aromatic rings. The minimum Gasteiger partial charge on any atom is -0.0776 e. The van der Waals surface area contributed by atoms with Gasteiger partial charge in [0.05, 0.1) is 0 Å². The van der Waals surface area contributed by atoms with Crippen molar-refractivity contribution in [3.8, 4) is 0 Å². The summed E-state index contributed by atoms with van der Waals surface area (Å²) in [5.41, 5.74) is 0.917. The molecule has 0 amide bonds. The summed E-state index contributed by atoms with van der Waals surface area (Å²) in [4.78, 5) is 0. The Hall–Kier alpha value is 0. The summed E-state index contributed by atoms with van der Waals surface area (Å²) in [5.74, 6) is 1.12. The molecule has 2 aliphatic carbocycles. The summed E-state index contributed by atoms with van der Waals surface area (Å²) in [6.07, 6.45) is 9.22. The van der Waals surface area contributed by atoms with E-state index in [2.05, 4.69) is 6.92 Å². The van der Waals surface area contributed by atoms with Crippen LogP contribution in [-0.4, -0.2) is 0 Å². The quantitative estimate of drug-likeness (QED) is 0.522. The van der Waals surface area contributed by atoms with E-state index in [0.29, 0.717) is 0 Å². The van der Waals surface area contributed by atoms with Gasteiger partial charge in [0.1, 0.15) is 0 Å². The first-order chi connectivity index (χ1) is 4.35. The zero-order valence-electron chi connectivity index (χ0n) is 6.32. The van der Waals surface area contributed by atoms with Gasteiger partial charge in [0, 0.05) is 0 Å². The van der Waals surface area contributed by atoms with Gasteiger partial charge in [-0.1, -0.05) is 27.2 Å². The lowest BCUT2D eigenvalue weighted by atomic mass is 9.51. The van der Waals surface area contributed by atoms with Gasteiger partial charge >= 0.3 is 0 Å². The highest BCUT2D eigenvalue weighted by Gasteiger charge is 2.46. The Morgan fingerprint density at radius 1 is 1.30 bits per heavy atom. The molecule has 2 rings (SSSR count). The average Bonchev–Trinajstić information content (AvgIpc) is 1.59. The fourth-order valence-electron chi connectivity index (χ4n) is 2.54. The number of hydrogen-bond acceptors (Lipinski definition) is 0. The lowest BCUT2D eigenvalue weighted by molar-refractivity contribution is -0.0256. The highest BCUT2D eigenvalue weighted by Crippen LogP contribution is 2.59. The molecule has 2 fully saturated rings. The molecule has 0 aromatic carbocycles. The molecule has 0 aromatic heterocycles. The van der Waals surface area contributed by atoms with Crippen molar-refractivity contribution in [2.45, 2.75) is 52.9 Å². The van der Waals surface area contributed by atoms with E-state index in [9.17, 15) is 0 Å². The lowest BCUT2D eigenvalue weighted by Crippen LogP contribution is -2.42. The van der Waals surface area contributed by atoms with Gasteiger partial charge in [-0.15, -0.1) is 0 Å². The van der Waals surface area contributed by atoms with Crippen LogP contribution in [0.4, 0.5) is 0 Å².